The Morgan fingerprint density at radius 1 is 1.30 bits per heavy atom. The van der Waals surface area contributed by atoms with Crippen molar-refractivity contribution >= 4 is 23.3 Å². The predicted octanol–water partition coefficient (Wildman–Crippen LogP) is 4.91. The molecule has 0 radical (unpaired) electrons. The molecule has 0 unspecified atom stereocenters. The summed E-state index contributed by atoms with van der Waals surface area (Å²) in [5.74, 6) is 0.747. The minimum atomic E-state index is -4.32. The second kappa shape index (κ2) is 4.91. The van der Waals surface area contributed by atoms with E-state index in [1.807, 2.05) is 4.57 Å². The van der Waals surface area contributed by atoms with Gasteiger partial charge in [-0.25, -0.2) is 0 Å². The standard InChI is InChI=1S/C14H15F3N2S/c15-14(16,17)10-4-5-12-11(8-10)18-13(20)19(12)7-6-9-2-1-3-9/h4-5,8-9H,1-3,6-7H2,(H,18,20). The van der Waals surface area contributed by atoms with Crippen molar-refractivity contribution < 1.29 is 13.2 Å². The first kappa shape index (κ1) is 13.7. The number of nitrogens with zero attached hydrogens (tertiary/aromatic N) is 1. The molecule has 0 atom stereocenters. The maximum absolute atomic E-state index is 12.7. The number of rotatable bonds is 3. The summed E-state index contributed by atoms with van der Waals surface area (Å²) in [5.41, 5.74) is 0.563. The van der Waals surface area contributed by atoms with Gasteiger partial charge in [0.15, 0.2) is 4.77 Å². The van der Waals surface area contributed by atoms with Gasteiger partial charge in [0, 0.05) is 6.54 Å². The van der Waals surface area contributed by atoms with Crippen LogP contribution < -0.4 is 0 Å². The molecule has 2 nitrogen and oxygen atoms in total. The monoisotopic (exact) mass is 300 g/mol. The van der Waals surface area contributed by atoms with Gasteiger partial charge in [-0.15, -0.1) is 0 Å². The summed E-state index contributed by atoms with van der Waals surface area (Å²) in [6.45, 7) is 0.773. The van der Waals surface area contributed by atoms with Gasteiger partial charge in [0.25, 0.3) is 0 Å². The zero-order chi connectivity index (χ0) is 14.3. The first-order chi connectivity index (χ1) is 9.45. The number of aromatic nitrogens is 2. The molecule has 0 saturated heterocycles. The van der Waals surface area contributed by atoms with Crippen LogP contribution in [0.3, 0.4) is 0 Å². The smallest absolute Gasteiger partial charge is 0.331 e. The van der Waals surface area contributed by atoms with Gasteiger partial charge in [0.2, 0.25) is 0 Å². The highest BCUT2D eigenvalue weighted by Crippen LogP contribution is 2.32. The number of imidazole rings is 1. The average molecular weight is 300 g/mol. The van der Waals surface area contributed by atoms with E-state index in [0.717, 1.165) is 36.5 Å². The van der Waals surface area contributed by atoms with E-state index in [-0.39, 0.29) is 0 Å². The molecule has 2 aromatic rings. The molecule has 6 heteroatoms. The fourth-order valence-corrected chi connectivity index (χ4v) is 2.95. The molecule has 20 heavy (non-hydrogen) atoms. The van der Waals surface area contributed by atoms with Crippen LogP contribution in [0.25, 0.3) is 11.0 Å². The third-order valence-electron chi connectivity index (χ3n) is 4.09. The Labute approximate surface area is 119 Å². The number of H-pyrrole nitrogens is 1. The van der Waals surface area contributed by atoms with Crippen molar-refractivity contribution in [3.8, 4) is 0 Å². The molecule has 3 rings (SSSR count). The van der Waals surface area contributed by atoms with E-state index in [4.69, 9.17) is 12.2 Å². The first-order valence-corrected chi connectivity index (χ1v) is 7.16. The van der Waals surface area contributed by atoms with Crippen molar-refractivity contribution in [1.82, 2.24) is 9.55 Å². The SMILES string of the molecule is FC(F)(F)c1ccc2c(c1)[nH]c(=S)n2CCC1CCC1. The number of aromatic amines is 1. The van der Waals surface area contributed by atoms with Crippen LogP contribution in [0.4, 0.5) is 13.2 Å². The number of hydrogen-bond acceptors (Lipinski definition) is 1. The molecular formula is C14H15F3N2S. The third-order valence-corrected chi connectivity index (χ3v) is 4.41. The van der Waals surface area contributed by atoms with Crippen LogP contribution in [0, 0.1) is 10.7 Å². The van der Waals surface area contributed by atoms with Crippen molar-refractivity contribution in [2.45, 2.75) is 38.4 Å². The van der Waals surface area contributed by atoms with Crippen molar-refractivity contribution in [2.75, 3.05) is 0 Å². The van der Waals surface area contributed by atoms with Crippen LogP contribution in [0.1, 0.15) is 31.2 Å². The summed E-state index contributed by atoms with van der Waals surface area (Å²) >= 11 is 5.22. The van der Waals surface area contributed by atoms with Gasteiger partial charge in [-0.05, 0) is 42.8 Å². The molecule has 1 aliphatic rings. The van der Waals surface area contributed by atoms with Crippen LogP contribution in [0.15, 0.2) is 18.2 Å². The lowest BCUT2D eigenvalue weighted by molar-refractivity contribution is -0.137. The molecule has 1 aliphatic carbocycles. The van der Waals surface area contributed by atoms with Crippen molar-refractivity contribution in [3.05, 3.63) is 28.5 Å². The minimum Gasteiger partial charge on any atom is -0.331 e. The Kier molecular flexibility index (Phi) is 3.36. The van der Waals surface area contributed by atoms with E-state index in [1.165, 1.54) is 25.3 Å². The quantitative estimate of drug-likeness (QED) is 0.799. The van der Waals surface area contributed by atoms with Crippen LogP contribution >= 0.6 is 12.2 Å². The van der Waals surface area contributed by atoms with Gasteiger partial charge in [-0.3, -0.25) is 0 Å². The maximum atomic E-state index is 12.7. The molecular weight excluding hydrogens is 285 g/mol. The molecule has 0 spiro atoms. The number of hydrogen-bond donors (Lipinski definition) is 1. The topological polar surface area (TPSA) is 20.7 Å². The number of nitrogens with one attached hydrogen (secondary N) is 1. The largest absolute Gasteiger partial charge is 0.416 e. The Morgan fingerprint density at radius 3 is 2.65 bits per heavy atom. The molecule has 1 heterocycles. The number of aryl methyl sites for hydroxylation is 1. The zero-order valence-corrected chi connectivity index (χ0v) is 11.7. The Morgan fingerprint density at radius 2 is 2.05 bits per heavy atom. The molecule has 1 aromatic heterocycles. The summed E-state index contributed by atoms with van der Waals surface area (Å²) in [5, 5.41) is 0. The Bertz CT molecular complexity index is 680. The molecule has 1 N–H and O–H groups in total. The number of halogens is 3. The predicted molar refractivity (Wildman–Crippen MR) is 74.1 cm³/mol. The Balaban J connectivity index is 1.92. The fourth-order valence-electron chi connectivity index (χ4n) is 2.66. The summed E-state index contributed by atoms with van der Waals surface area (Å²) in [6, 6.07) is 3.75. The van der Waals surface area contributed by atoms with Crippen LogP contribution in [0.2, 0.25) is 0 Å². The lowest BCUT2D eigenvalue weighted by Gasteiger charge is -2.25. The molecule has 1 fully saturated rings. The summed E-state index contributed by atoms with van der Waals surface area (Å²) in [4.78, 5) is 2.88. The van der Waals surface area contributed by atoms with Crippen molar-refractivity contribution in [3.63, 3.8) is 0 Å². The lowest BCUT2D eigenvalue weighted by atomic mass is 9.83. The summed E-state index contributed by atoms with van der Waals surface area (Å²) in [7, 11) is 0. The molecule has 0 amide bonds. The van der Waals surface area contributed by atoms with Gasteiger partial charge in [-0.2, -0.15) is 13.2 Å². The normalized spacial score (nSPS) is 16.6. The lowest BCUT2D eigenvalue weighted by Crippen LogP contribution is -2.13. The number of benzene rings is 1. The van der Waals surface area contributed by atoms with Gasteiger partial charge in [-0.1, -0.05) is 19.3 Å². The van der Waals surface area contributed by atoms with Crippen LogP contribution in [0.5, 0.6) is 0 Å². The number of alkyl halides is 3. The van der Waals surface area contributed by atoms with Gasteiger partial charge < -0.3 is 9.55 Å². The molecule has 0 aliphatic heterocycles. The van der Waals surface area contributed by atoms with Gasteiger partial charge >= 0.3 is 6.18 Å². The Hall–Kier alpha value is -1.30. The number of fused-ring (bicyclic) bond motifs is 1. The molecule has 0 bridgehead atoms. The fraction of sp³-hybridized carbons (Fsp3) is 0.500. The summed E-state index contributed by atoms with van der Waals surface area (Å²) in [6.07, 6.45) is 0.528. The first-order valence-electron chi connectivity index (χ1n) is 6.75. The second-order valence-electron chi connectivity index (χ2n) is 5.40. The van der Waals surface area contributed by atoms with Crippen LogP contribution in [-0.2, 0) is 12.7 Å². The van der Waals surface area contributed by atoms with Crippen molar-refractivity contribution in [1.29, 1.82) is 0 Å². The van der Waals surface area contributed by atoms with E-state index >= 15 is 0 Å². The van der Waals surface area contributed by atoms with Crippen molar-refractivity contribution in [2.24, 2.45) is 5.92 Å². The van der Waals surface area contributed by atoms with Gasteiger partial charge in [0.1, 0.15) is 0 Å². The molecule has 1 saturated carbocycles. The van der Waals surface area contributed by atoms with E-state index in [9.17, 15) is 13.2 Å². The summed E-state index contributed by atoms with van der Waals surface area (Å²) < 4.78 is 40.5. The van der Waals surface area contributed by atoms with Gasteiger partial charge in [0.05, 0.1) is 16.6 Å². The van der Waals surface area contributed by atoms with E-state index in [2.05, 4.69) is 4.98 Å². The van der Waals surface area contributed by atoms with E-state index in [1.54, 1.807) is 0 Å². The molecule has 108 valence electrons. The molecule has 1 aromatic carbocycles. The van der Waals surface area contributed by atoms with E-state index in [0.29, 0.717) is 10.3 Å². The highest BCUT2D eigenvalue weighted by atomic mass is 32.1. The maximum Gasteiger partial charge on any atom is 0.416 e. The highest BCUT2D eigenvalue weighted by Gasteiger charge is 2.30. The highest BCUT2D eigenvalue weighted by molar-refractivity contribution is 7.71. The zero-order valence-electron chi connectivity index (χ0n) is 10.8. The third kappa shape index (κ3) is 2.49. The minimum absolute atomic E-state index is 0.457. The van der Waals surface area contributed by atoms with E-state index < -0.39 is 11.7 Å². The second-order valence-corrected chi connectivity index (χ2v) is 5.78. The van der Waals surface area contributed by atoms with Crippen LogP contribution in [-0.4, -0.2) is 9.55 Å². The average Bonchev–Trinajstić information content (AvgIpc) is 2.62.